The number of amides is 1. The molecule has 4 heteroatoms. The van der Waals surface area contributed by atoms with Gasteiger partial charge in [-0.15, -0.1) is 0 Å². The molecule has 1 aliphatic heterocycles. The van der Waals surface area contributed by atoms with Crippen molar-refractivity contribution in [1.82, 2.24) is 10.3 Å². The lowest BCUT2D eigenvalue weighted by Crippen LogP contribution is -2.49. The maximum absolute atomic E-state index is 12.6. The molecule has 1 fully saturated rings. The van der Waals surface area contributed by atoms with Gasteiger partial charge < -0.3 is 15.0 Å². The van der Waals surface area contributed by atoms with Crippen molar-refractivity contribution >= 4 is 5.91 Å². The minimum absolute atomic E-state index is 0.0186. The summed E-state index contributed by atoms with van der Waals surface area (Å²) in [6.45, 7) is 1.92. The third-order valence-corrected chi connectivity index (χ3v) is 4.97. The number of aryl methyl sites for hydroxylation is 1. The van der Waals surface area contributed by atoms with E-state index in [2.05, 4.69) is 16.4 Å². The molecule has 1 aromatic heterocycles. The van der Waals surface area contributed by atoms with E-state index in [0.717, 1.165) is 36.3 Å². The Morgan fingerprint density at radius 2 is 2.14 bits per heavy atom. The number of hydrogen-bond acceptors (Lipinski definition) is 2. The van der Waals surface area contributed by atoms with Crippen LogP contribution in [0.4, 0.5) is 0 Å². The van der Waals surface area contributed by atoms with Crippen LogP contribution in [0.15, 0.2) is 36.5 Å². The van der Waals surface area contributed by atoms with Gasteiger partial charge in [-0.3, -0.25) is 4.79 Å². The van der Waals surface area contributed by atoms with Gasteiger partial charge in [0, 0.05) is 23.9 Å². The number of carbonyl (C=O) groups excluding carboxylic acids is 1. The van der Waals surface area contributed by atoms with Crippen LogP contribution < -0.4 is 10.1 Å². The molecular weight excluding hydrogens is 276 g/mol. The second kappa shape index (κ2) is 4.90. The van der Waals surface area contributed by atoms with Gasteiger partial charge in [0.1, 0.15) is 11.4 Å². The number of aromatic nitrogens is 1. The number of benzene rings is 1. The Morgan fingerprint density at radius 1 is 1.32 bits per heavy atom. The van der Waals surface area contributed by atoms with Crippen molar-refractivity contribution in [2.45, 2.75) is 44.2 Å². The summed E-state index contributed by atoms with van der Waals surface area (Å²) >= 11 is 0. The van der Waals surface area contributed by atoms with Gasteiger partial charge >= 0.3 is 0 Å². The maximum atomic E-state index is 12.6. The molecule has 2 aromatic rings. The van der Waals surface area contributed by atoms with E-state index in [-0.39, 0.29) is 17.6 Å². The first-order valence-corrected chi connectivity index (χ1v) is 7.90. The van der Waals surface area contributed by atoms with Gasteiger partial charge in [-0.2, -0.15) is 0 Å². The van der Waals surface area contributed by atoms with Crippen LogP contribution in [0.2, 0.25) is 0 Å². The molecule has 1 saturated carbocycles. The zero-order valence-corrected chi connectivity index (χ0v) is 12.7. The Bertz CT molecular complexity index is 715. The molecule has 2 heterocycles. The molecule has 0 saturated heterocycles. The molecule has 2 aliphatic rings. The number of para-hydroxylation sites is 1. The molecule has 2 N–H and O–H groups in total. The van der Waals surface area contributed by atoms with Crippen LogP contribution in [0, 0.1) is 6.92 Å². The van der Waals surface area contributed by atoms with E-state index >= 15 is 0 Å². The van der Waals surface area contributed by atoms with Gasteiger partial charge in [0.25, 0.3) is 5.91 Å². The van der Waals surface area contributed by atoms with Crippen LogP contribution in [-0.2, 0) is 0 Å². The lowest BCUT2D eigenvalue weighted by atomic mass is 9.73. The molecule has 114 valence electrons. The Hall–Kier alpha value is -2.23. The minimum Gasteiger partial charge on any atom is -0.487 e. The Balaban J connectivity index is 1.63. The lowest BCUT2D eigenvalue weighted by Gasteiger charge is -2.48. The smallest absolute Gasteiger partial charge is 0.253 e. The van der Waals surface area contributed by atoms with Crippen LogP contribution in [0.25, 0.3) is 0 Å². The van der Waals surface area contributed by atoms with E-state index < -0.39 is 0 Å². The largest absolute Gasteiger partial charge is 0.487 e. The summed E-state index contributed by atoms with van der Waals surface area (Å²) in [5, 5.41) is 3.20. The minimum atomic E-state index is -0.0699. The first kappa shape index (κ1) is 13.4. The van der Waals surface area contributed by atoms with Crippen LogP contribution in [0.5, 0.6) is 5.75 Å². The third kappa shape index (κ3) is 2.10. The van der Waals surface area contributed by atoms with Crippen molar-refractivity contribution < 1.29 is 9.53 Å². The Kier molecular flexibility index (Phi) is 2.99. The van der Waals surface area contributed by atoms with Gasteiger partial charge in [0.05, 0.1) is 11.6 Å². The quantitative estimate of drug-likeness (QED) is 0.891. The van der Waals surface area contributed by atoms with Gasteiger partial charge in [-0.1, -0.05) is 18.2 Å². The topological polar surface area (TPSA) is 54.1 Å². The summed E-state index contributed by atoms with van der Waals surface area (Å²) in [6, 6.07) is 9.90. The summed E-state index contributed by atoms with van der Waals surface area (Å²) in [7, 11) is 0. The van der Waals surface area contributed by atoms with Crippen molar-refractivity contribution in [3.8, 4) is 5.75 Å². The van der Waals surface area contributed by atoms with Crippen LogP contribution >= 0.6 is 0 Å². The fourth-order valence-corrected chi connectivity index (χ4v) is 3.56. The zero-order chi connectivity index (χ0) is 15.2. The summed E-state index contributed by atoms with van der Waals surface area (Å²) < 4.78 is 6.22. The SMILES string of the molecule is Cc1[nH]ccc1C(=O)NC1CC2(CCC2)Oc2ccccc21. The summed E-state index contributed by atoms with van der Waals surface area (Å²) in [5.74, 6) is 0.902. The number of hydrogen-bond donors (Lipinski definition) is 2. The zero-order valence-electron chi connectivity index (χ0n) is 12.7. The van der Waals surface area contributed by atoms with Crippen molar-refractivity contribution in [2.24, 2.45) is 0 Å². The number of H-pyrrole nitrogens is 1. The fourth-order valence-electron chi connectivity index (χ4n) is 3.56. The average Bonchev–Trinajstić information content (AvgIpc) is 2.91. The number of fused-ring (bicyclic) bond motifs is 1. The molecule has 22 heavy (non-hydrogen) atoms. The molecular formula is C18H20N2O2. The summed E-state index contributed by atoms with van der Waals surface area (Å²) in [4.78, 5) is 15.6. The second-order valence-corrected chi connectivity index (χ2v) is 6.42. The Morgan fingerprint density at radius 3 is 2.82 bits per heavy atom. The molecule has 1 spiro atoms. The van der Waals surface area contributed by atoms with Gasteiger partial charge in [-0.05, 0) is 38.3 Å². The highest BCUT2D eigenvalue weighted by Gasteiger charge is 2.45. The highest BCUT2D eigenvalue weighted by Crippen LogP contribution is 2.48. The molecule has 1 unspecified atom stereocenters. The van der Waals surface area contributed by atoms with Gasteiger partial charge in [0.2, 0.25) is 0 Å². The average molecular weight is 296 g/mol. The number of carbonyl (C=O) groups is 1. The summed E-state index contributed by atoms with van der Waals surface area (Å²) in [6.07, 6.45) is 6.03. The van der Waals surface area contributed by atoms with Crippen LogP contribution in [-0.4, -0.2) is 16.5 Å². The maximum Gasteiger partial charge on any atom is 0.253 e. The number of nitrogens with one attached hydrogen (secondary N) is 2. The van der Waals surface area contributed by atoms with Crippen molar-refractivity contribution in [3.63, 3.8) is 0 Å². The predicted molar refractivity (Wildman–Crippen MR) is 84.0 cm³/mol. The molecule has 1 aliphatic carbocycles. The van der Waals surface area contributed by atoms with Crippen LogP contribution in [0.3, 0.4) is 0 Å². The van der Waals surface area contributed by atoms with Crippen LogP contribution in [0.1, 0.15) is 53.3 Å². The van der Waals surface area contributed by atoms with Crippen molar-refractivity contribution in [1.29, 1.82) is 0 Å². The van der Waals surface area contributed by atoms with E-state index in [0.29, 0.717) is 5.56 Å². The van der Waals surface area contributed by atoms with E-state index in [1.54, 1.807) is 6.20 Å². The first-order valence-electron chi connectivity index (χ1n) is 7.90. The number of rotatable bonds is 2. The predicted octanol–water partition coefficient (Wildman–Crippen LogP) is 3.50. The standard InChI is InChI=1S/C18H20N2O2/c1-12-13(7-10-19-12)17(21)20-15-11-18(8-4-9-18)22-16-6-3-2-5-14(15)16/h2-3,5-7,10,15,19H,4,8-9,11H2,1H3,(H,20,21). The highest BCUT2D eigenvalue weighted by molar-refractivity contribution is 5.95. The molecule has 0 radical (unpaired) electrons. The monoisotopic (exact) mass is 296 g/mol. The molecule has 1 atom stereocenters. The molecule has 1 amide bonds. The van der Waals surface area contributed by atoms with E-state index in [4.69, 9.17) is 4.74 Å². The van der Waals surface area contributed by atoms with Gasteiger partial charge in [0.15, 0.2) is 0 Å². The second-order valence-electron chi connectivity index (χ2n) is 6.42. The van der Waals surface area contributed by atoms with Crippen molar-refractivity contribution in [2.75, 3.05) is 0 Å². The van der Waals surface area contributed by atoms with E-state index in [1.807, 2.05) is 31.2 Å². The molecule has 1 aromatic carbocycles. The van der Waals surface area contributed by atoms with E-state index in [1.165, 1.54) is 6.42 Å². The molecule has 4 rings (SSSR count). The Labute approximate surface area is 129 Å². The highest BCUT2D eigenvalue weighted by atomic mass is 16.5. The van der Waals surface area contributed by atoms with Crippen molar-refractivity contribution in [3.05, 3.63) is 53.3 Å². The normalized spacial score (nSPS) is 21.6. The lowest BCUT2D eigenvalue weighted by molar-refractivity contribution is -0.0360. The number of ether oxygens (including phenoxy) is 1. The third-order valence-electron chi connectivity index (χ3n) is 4.97. The number of aromatic amines is 1. The molecule has 4 nitrogen and oxygen atoms in total. The van der Waals surface area contributed by atoms with Gasteiger partial charge in [-0.25, -0.2) is 0 Å². The molecule has 0 bridgehead atoms. The fraction of sp³-hybridized carbons (Fsp3) is 0.389. The summed E-state index contributed by atoms with van der Waals surface area (Å²) in [5.41, 5.74) is 2.63. The first-order chi connectivity index (χ1) is 10.7. The van der Waals surface area contributed by atoms with E-state index in [9.17, 15) is 4.79 Å².